The molecule has 1 amide bonds. The summed E-state index contributed by atoms with van der Waals surface area (Å²) < 4.78 is 0. The van der Waals surface area contributed by atoms with Gasteiger partial charge in [0.1, 0.15) is 4.83 Å². The van der Waals surface area contributed by atoms with Crippen LogP contribution in [0.15, 0.2) is 6.07 Å². The van der Waals surface area contributed by atoms with Gasteiger partial charge in [0.25, 0.3) is 5.91 Å². The lowest BCUT2D eigenvalue weighted by atomic mass is 10.1. The highest BCUT2D eigenvalue weighted by Crippen LogP contribution is 2.34. The standard InChI is InChI=1S/C17H20N2O3S2/c1-9-6-10(2)18-16-14(9)11(3)15(24-16)17(22)19-4-5-23-8-12(19)7-13(20)21/h6,12H,4-5,7-8H2,1-3H3,(H,20,21)/t12-/m0/s1. The van der Waals surface area contributed by atoms with E-state index in [1.807, 2.05) is 26.8 Å². The molecule has 0 bridgehead atoms. The number of aromatic nitrogens is 1. The first kappa shape index (κ1) is 17.2. The predicted molar refractivity (Wildman–Crippen MR) is 98.2 cm³/mol. The molecule has 2 aromatic rings. The number of carbonyl (C=O) groups is 2. The van der Waals surface area contributed by atoms with E-state index >= 15 is 0 Å². The topological polar surface area (TPSA) is 70.5 Å². The minimum absolute atomic E-state index is 0.000924. The second-order valence-corrected chi connectivity index (χ2v) is 8.29. The normalized spacial score (nSPS) is 18.1. The van der Waals surface area contributed by atoms with Gasteiger partial charge in [0.15, 0.2) is 0 Å². The fourth-order valence-corrected chi connectivity index (χ4v) is 5.57. The fraction of sp³-hybridized carbons (Fsp3) is 0.471. The molecule has 1 aliphatic heterocycles. The van der Waals surface area contributed by atoms with Gasteiger partial charge >= 0.3 is 5.97 Å². The average molecular weight is 364 g/mol. The quantitative estimate of drug-likeness (QED) is 0.905. The third kappa shape index (κ3) is 3.15. The lowest BCUT2D eigenvalue weighted by Gasteiger charge is -2.34. The van der Waals surface area contributed by atoms with Gasteiger partial charge in [0.05, 0.1) is 17.3 Å². The number of hydrogen-bond donors (Lipinski definition) is 1. The van der Waals surface area contributed by atoms with Gasteiger partial charge in [-0.05, 0) is 38.0 Å². The Morgan fingerprint density at radius 2 is 2.12 bits per heavy atom. The predicted octanol–water partition coefficient (Wildman–Crippen LogP) is 3.25. The largest absolute Gasteiger partial charge is 0.481 e. The number of carbonyl (C=O) groups excluding carboxylic acids is 1. The van der Waals surface area contributed by atoms with Crippen LogP contribution in [0.5, 0.6) is 0 Å². The summed E-state index contributed by atoms with van der Waals surface area (Å²) >= 11 is 3.13. The van der Waals surface area contributed by atoms with Crippen LogP contribution in [0.25, 0.3) is 10.2 Å². The summed E-state index contributed by atoms with van der Waals surface area (Å²) in [7, 11) is 0. The van der Waals surface area contributed by atoms with Crippen molar-refractivity contribution in [2.24, 2.45) is 0 Å². The van der Waals surface area contributed by atoms with E-state index in [1.165, 1.54) is 11.3 Å². The first-order valence-corrected chi connectivity index (χ1v) is 9.83. The summed E-state index contributed by atoms with van der Waals surface area (Å²) in [6.45, 7) is 6.55. The Morgan fingerprint density at radius 1 is 1.38 bits per heavy atom. The van der Waals surface area contributed by atoms with Gasteiger partial charge in [-0.2, -0.15) is 11.8 Å². The number of amides is 1. The van der Waals surface area contributed by atoms with Crippen molar-refractivity contribution in [3.63, 3.8) is 0 Å². The van der Waals surface area contributed by atoms with Crippen LogP contribution in [-0.2, 0) is 4.79 Å². The third-order valence-electron chi connectivity index (χ3n) is 4.32. The molecular weight excluding hydrogens is 344 g/mol. The van der Waals surface area contributed by atoms with Crippen LogP contribution in [0.2, 0.25) is 0 Å². The van der Waals surface area contributed by atoms with Crippen LogP contribution < -0.4 is 0 Å². The minimum atomic E-state index is -0.860. The maximum Gasteiger partial charge on any atom is 0.305 e. The van der Waals surface area contributed by atoms with Gasteiger partial charge in [-0.25, -0.2) is 4.98 Å². The molecule has 1 saturated heterocycles. The Bertz CT molecular complexity index is 816. The Labute approximate surface area is 149 Å². The number of aryl methyl sites for hydroxylation is 3. The lowest BCUT2D eigenvalue weighted by Crippen LogP contribution is -2.47. The summed E-state index contributed by atoms with van der Waals surface area (Å²) in [6, 6.07) is 1.79. The van der Waals surface area contributed by atoms with Crippen LogP contribution in [0.1, 0.15) is 32.9 Å². The monoisotopic (exact) mass is 364 g/mol. The molecule has 0 saturated carbocycles. The van der Waals surface area contributed by atoms with Crippen molar-refractivity contribution in [2.45, 2.75) is 33.2 Å². The Morgan fingerprint density at radius 3 is 2.83 bits per heavy atom. The molecule has 1 aliphatic rings. The van der Waals surface area contributed by atoms with Crippen LogP contribution in [0, 0.1) is 20.8 Å². The molecule has 0 aromatic carbocycles. The molecule has 128 valence electrons. The van der Waals surface area contributed by atoms with Gasteiger partial charge < -0.3 is 10.0 Å². The molecule has 1 fully saturated rings. The highest BCUT2D eigenvalue weighted by molar-refractivity contribution is 7.99. The second kappa shape index (κ2) is 6.72. The van der Waals surface area contributed by atoms with E-state index < -0.39 is 5.97 Å². The molecule has 3 rings (SSSR count). The van der Waals surface area contributed by atoms with Crippen molar-refractivity contribution < 1.29 is 14.7 Å². The molecule has 1 atom stereocenters. The molecule has 0 spiro atoms. The average Bonchev–Trinajstić information content (AvgIpc) is 2.83. The molecule has 2 aromatic heterocycles. The number of pyridine rings is 1. The van der Waals surface area contributed by atoms with Gasteiger partial charge in [0.2, 0.25) is 0 Å². The van der Waals surface area contributed by atoms with Crippen LogP contribution >= 0.6 is 23.1 Å². The summed E-state index contributed by atoms with van der Waals surface area (Å²) in [4.78, 5) is 32.1. The first-order chi connectivity index (χ1) is 11.4. The molecule has 0 unspecified atom stereocenters. The van der Waals surface area contributed by atoms with Gasteiger partial charge in [0, 0.05) is 29.1 Å². The molecule has 0 aliphatic carbocycles. The smallest absolute Gasteiger partial charge is 0.305 e. The first-order valence-electron chi connectivity index (χ1n) is 7.86. The van der Waals surface area contributed by atoms with Crippen LogP contribution in [0.4, 0.5) is 0 Å². The molecule has 3 heterocycles. The molecule has 0 radical (unpaired) electrons. The van der Waals surface area contributed by atoms with E-state index in [2.05, 4.69) is 4.98 Å². The summed E-state index contributed by atoms with van der Waals surface area (Å²) in [6.07, 6.45) is -0.000924. The minimum Gasteiger partial charge on any atom is -0.481 e. The zero-order valence-electron chi connectivity index (χ0n) is 14.0. The number of aliphatic carboxylic acids is 1. The molecule has 24 heavy (non-hydrogen) atoms. The van der Waals surface area contributed by atoms with Crippen molar-refractivity contribution in [3.05, 3.63) is 27.8 Å². The van der Waals surface area contributed by atoms with Crippen molar-refractivity contribution >= 4 is 45.2 Å². The van der Waals surface area contributed by atoms with Crippen LogP contribution in [0.3, 0.4) is 0 Å². The van der Waals surface area contributed by atoms with Crippen molar-refractivity contribution in [1.82, 2.24) is 9.88 Å². The lowest BCUT2D eigenvalue weighted by molar-refractivity contribution is -0.138. The van der Waals surface area contributed by atoms with Gasteiger partial charge in [-0.15, -0.1) is 11.3 Å². The Hall–Kier alpha value is -1.60. The number of fused-ring (bicyclic) bond motifs is 1. The fourth-order valence-electron chi connectivity index (χ4n) is 3.25. The van der Waals surface area contributed by atoms with E-state index in [0.29, 0.717) is 17.2 Å². The molecule has 5 nitrogen and oxygen atoms in total. The SMILES string of the molecule is Cc1cc(C)c2c(C)c(C(=O)N3CCSC[C@@H]3CC(=O)O)sc2n1. The number of rotatable bonds is 3. The summed E-state index contributed by atoms with van der Waals surface area (Å²) in [5.41, 5.74) is 3.03. The molecule has 7 heteroatoms. The number of carboxylic acid groups (broad SMARTS) is 1. The molecule has 1 N–H and O–H groups in total. The van der Waals surface area contributed by atoms with Crippen molar-refractivity contribution in [2.75, 3.05) is 18.1 Å². The Balaban J connectivity index is 1.99. The second-order valence-electron chi connectivity index (χ2n) is 6.14. The van der Waals surface area contributed by atoms with E-state index in [1.54, 1.807) is 16.7 Å². The summed E-state index contributed by atoms with van der Waals surface area (Å²) in [5, 5.41) is 10.2. The highest BCUT2D eigenvalue weighted by atomic mass is 32.2. The van der Waals surface area contributed by atoms with E-state index in [0.717, 1.165) is 32.8 Å². The van der Waals surface area contributed by atoms with Gasteiger partial charge in [-0.3, -0.25) is 9.59 Å². The van der Waals surface area contributed by atoms with Crippen LogP contribution in [-0.4, -0.2) is 51.0 Å². The van der Waals surface area contributed by atoms with E-state index in [-0.39, 0.29) is 18.4 Å². The van der Waals surface area contributed by atoms with E-state index in [9.17, 15) is 9.59 Å². The number of thioether (sulfide) groups is 1. The number of nitrogens with zero attached hydrogens (tertiary/aromatic N) is 2. The zero-order valence-corrected chi connectivity index (χ0v) is 15.6. The maximum atomic E-state index is 13.1. The summed E-state index contributed by atoms with van der Waals surface area (Å²) in [5.74, 6) is 0.612. The van der Waals surface area contributed by atoms with Crippen molar-refractivity contribution in [3.8, 4) is 0 Å². The molecular formula is C17H20N2O3S2. The maximum absolute atomic E-state index is 13.1. The number of thiophene rings is 1. The van der Waals surface area contributed by atoms with Gasteiger partial charge in [-0.1, -0.05) is 0 Å². The van der Waals surface area contributed by atoms with E-state index in [4.69, 9.17) is 5.11 Å². The number of hydrogen-bond acceptors (Lipinski definition) is 5. The van der Waals surface area contributed by atoms with Crippen molar-refractivity contribution in [1.29, 1.82) is 0 Å². The highest BCUT2D eigenvalue weighted by Gasteiger charge is 2.31. The zero-order chi connectivity index (χ0) is 17.4. The third-order valence-corrected chi connectivity index (χ3v) is 6.58. The Kier molecular flexibility index (Phi) is 4.83. The number of carboxylic acids is 1.